The third-order valence-corrected chi connectivity index (χ3v) is 9.01. The van der Waals surface area contributed by atoms with Gasteiger partial charge in [-0.25, -0.2) is 9.36 Å². The number of aliphatic hydroxyl groups excluding tert-OH is 1. The zero-order valence-corrected chi connectivity index (χ0v) is 30.9. The maximum atomic E-state index is 12.2. The lowest BCUT2D eigenvalue weighted by molar-refractivity contribution is -0.147. The summed E-state index contributed by atoms with van der Waals surface area (Å²) in [6, 6.07) is -1.54. The molecule has 282 valence electrons. The van der Waals surface area contributed by atoms with Crippen LogP contribution < -0.4 is 5.32 Å². The minimum Gasteiger partial charge on any atom is -0.480 e. The van der Waals surface area contributed by atoms with Crippen LogP contribution in [0.4, 0.5) is 0 Å². The van der Waals surface area contributed by atoms with Crippen LogP contribution >= 0.6 is 7.82 Å². The molecule has 0 saturated heterocycles. The number of hydrogen-bond acceptors (Lipinski definition) is 8. The first-order valence-electron chi connectivity index (χ1n) is 18.7. The van der Waals surface area contributed by atoms with Gasteiger partial charge < -0.3 is 25.2 Å². The van der Waals surface area contributed by atoms with E-state index in [2.05, 4.69) is 31.3 Å². The Balaban J connectivity index is 3.94. The second kappa shape index (κ2) is 32.4. The monoisotopic (exact) mass is 705 g/mol. The largest absolute Gasteiger partial charge is 0.480 e. The Kier molecular flexibility index (Phi) is 31.2. The van der Waals surface area contributed by atoms with Crippen LogP contribution in [0, 0.1) is 0 Å². The highest BCUT2D eigenvalue weighted by Crippen LogP contribution is 2.43. The topological polar surface area (TPSA) is 169 Å². The Morgan fingerprint density at radius 3 is 1.58 bits per heavy atom. The smallest absolute Gasteiger partial charge is 0.472 e. The molecule has 0 bridgehead atoms. The lowest BCUT2D eigenvalue weighted by atomic mass is 10.1. The molecule has 0 aromatic heterocycles. The van der Waals surface area contributed by atoms with Gasteiger partial charge in [0.15, 0.2) is 6.04 Å². The van der Waals surface area contributed by atoms with Gasteiger partial charge in [0.2, 0.25) is 5.91 Å². The number of hydrogen-bond donors (Lipinski definition) is 4. The highest BCUT2D eigenvalue weighted by Gasteiger charge is 2.28. The predicted molar refractivity (Wildman–Crippen MR) is 190 cm³/mol. The van der Waals surface area contributed by atoms with Crippen molar-refractivity contribution in [2.24, 2.45) is 0 Å². The second-order valence-electron chi connectivity index (χ2n) is 12.8. The summed E-state index contributed by atoms with van der Waals surface area (Å²) in [7, 11) is -4.74. The molecular weight excluding hydrogens is 637 g/mol. The highest BCUT2D eigenvalue weighted by molar-refractivity contribution is 7.47. The van der Waals surface area contributed by atoms with Gasteiger partial charge in [-0.2, -0.15) is 0 Å². The van der Waals surface area contributed by atoms with Gasteiger partial charge in [0.05, 0.1) is 13.2 Å². The number of amides is 1. The van der Waals surface area contributed by atoms with E-state index in [9.17, 15) is 34.1 Å². The molecule has 3 atom stereocenters. The number of esters is 1. The molecule has 3 unspecified atom stereocenters. The van der Waals surface area contributed by atoms with E-state index in [4.69, 9.17) is 13.8 Å². The molecule has 0 radical (unpaired) electrons. The van der Waals surface area contributed by atoms with Gasteiger partial charge >= 0.3 is 19.8 Å². The standard InChI is InChI=1S/C36H68NO10P/c1-3-5-7-9-11-12-13-14-15-16-17-18-19-20-21-22-23-25-27-34(39)37-33(36(41)42)31-47-48(43,44)46-30-32(38)29-45-35(40)28-26-24-10-8-6-4-2/h15-16,32-33,38H,3-14,17-31H2,1-2H3,(H,37,39)(H,41,42)(H,43,44)/b16-15-. The molecule has 0 heterocycles. The van der Waals surface area contributed by atoms with Crippen molar-refractivity contribution >= 4 is 25.7 Å². The van der Waals surface area contributed by atoms with E-state index in [-0.39, 0.29) is 12.8 Å². The first kappa shape index (κ1) is 46.2. The minimum absolute atomic E-state index is 0.143. The molecular formula is C36H68NO10P. The lowest BCUT2D eigenvalue weighted by Gasteiger charge is -2.18. The van der Waals surface area contributed by atoms with E-state index in [0.29, 0.717) is 12.8 Å². The first-order chi connectivity index (χ1) is 23.1. The zero-order chi connectivity index (χ0) is 35.7. The van der Waals surface area contributed by atoms with Crippen molar-refractivity contribution in [2.75, 3.05) is 19.8 Å². The van der Waals surface area contributed by atoms with Gasteiger partial charge in [0.25, 0.3) is 0 Å². The molecule has 48 heavy (non-hydrogen) atoms. The quantitative estimate of drug-likeness (QED) is 0.0217. The van der Waals surface area contributed by atoms with E-state index in [1.807, 2.05) is 0 Å². The lowest BCUT2D eigenvalue weighted by Crippen LogP contribution is -2.43. The van der Waals surface area contributed by atoms with Crippen LogP contribution in [-0.2, 0) is 32.7 Å². The van der Waals surface area contributed by atoms with Gasteiger partial charge in [-0.1, -0.05) is 129 Å². The number of rotatable bonds is 35. The Labute approximate surface area is 290 Å². The van der Waals surface area contributed by atoms with Crippen molar-refractivity contribution in [3.8, 4) is 0 Å². The number of allylic oxidation sites excluding steroid dienone is 2. The van der Waals surface area contributed by atoms with Gasteiger partial charge in [-0.3, -0.25) is 18.6 Å². The minimum atomic E-state index is -4.74. The molecule has 12 heteroatoms. The number of phosphoric acid groups is 1. The van der Waals surface area contributed by atoms with Gasteiger partial charge in [0, 0.05) is 12.8 Å². The Bertz CT molecular complexity index is 885. The molecule has 1 amide bonds. The van der Waals surface area contributed by atoms with Crippen LogP contribution in [0.1, 0.15) is 168 Å². The van der Waals surface area contributed by atoms with Crippen LogP contribution in [0.15, 0.2) is 12.2 Å². The summed E-state index contributed by atoms with van der Waals surface area (Å²) in [5, 5.41) is 21.6. The molecule has 0 aromatic carbocycles. The highest BCUT2D eigenvalue weighted by atomic mass is 31.2. The third-order valence-electron chi connectivity index (χ3n) is 8.05. The Hall–Kier alpha value is -1.78. The summed E-state index contributed by atoms with van der Waals surface area (Å²) in [4.78, 5) is 45.5. The van der Waals surface area contributed by atoms with Crippen molar-refractivity contribution in [1.29, 1.82) is 0 Å². The molecule has 0 aliphatic heterocycles. The summed E-state index contributed by atoms with van der Waals surface area (Å²) >= 11 is 0. The molecule has 0 aromatic rings. The van der Waals surface area contributed by atoms with Crippen LogP contribution in [0.5, 0.6) is 0 Å². The summed E-state index contributed by atoms with van der Waals surface area (Å²) in [5.41, 5.74) is 0. The van der Waals surface area contributed by atoms with Crippen molar-refractivity contribution in [1.82, 2.24) is 5.32 Å². The third kappa shape index (κ3) is 31.5. The summed E-state index contributed by atoms with van der Waals surface area (Å²) in [6.45, 7) is 2.49. The second-order valence-corrected chi connectivity index (χ2v) is 14.2. The van der Waals surface area contributed by atoms with Gasteiger partial charge in [0.1, 0.15) is 12.7 Å². The van der Waals surface area contributed by atoms with Crippen molar-refractivity contribution < 1.29 is 47.8 Å². The molecule has 0 aliphatic rings. The van der Waals surface area contributed by atoms with Gasteiger partial charge in [-0.15, -0.1) is 0 Å². The van der Waals surface area contributed by atoms with Crippen LogP contribution in [-0.4, -0.2) is 64.9 Å². The average Bonchev–Trinajstić information content (AvgIpc) is 3.05. The number of carboxylic acid groups (broad SMARTS) is 1. The summed E-state index contributed by atoms with van der Waals surface area (Å²) in [5.74, 6) is -2.38. The molecule has 0 spiro atoms. The molecule has 4 N–H and O–H groups in total. The zero-order valence-electron chi connectivity index (χ0n) is 30.0. The van der Waals surface area contributed by atoms with Gasteiger partial charge in [-0.05, 0) is 38.5 Å². The number of carbonyl (C=O) groups is 3. The summed E-state index contributed by atoms with van der Waals surface area (Å²) in [6.07, 6.45) is 28.5. The molecule has 0 fully saturated rings. The van der Waals surface area contributed by atoms with Crippen LogP contribution in [0.25, 0.3) is 0 Å². The number of nitrogens with one attached hydrogen (secondary N) is 1. The summed E-state index contributed by atoms with van der Waals surface area (Å²) < 4.78 is 26.6. The number of phosphoric ester groups is 1. The number of carbonyl (C=O) groups excluding carboxylic acids is 2. The molecule has 11 nitrogen and oxygen atoms in total. The molecule has 0 rings (SSSR count). The van der Waals surface area contributed by atoms with Crippen molar-refractivity contribution in [2.45, 2.75) is 180 Å². The van der Waals surface area contributed by atoms with E-state index >= 15 is 0 Å². The number of carboxylic acids is 1. The average molecular weight is 706 g/mol. The fourth-order valence-corrected chi connectivity index (χ4v) is 5.85. The Morgan fingerprint density at radius 2 is 1.08 bits per heavy atom. The molecule has 0 aliphatic carbocycles. The Morgan fingerprint density at radius 1 is 0.646 bits per heavy atom. The first-order valence-corrected chi connectivity index (χ1v) is 20.2. The number of aliphatic hydroxyl groups is 1. The number of ether oxygens (including phenoxy) is 1. The number of aliphatic carboxylic acids is 1. The SMILES string of the molecule is CCCCCCCCC/C=C\CCCCCCCCCC(=O)NC(COP(=O)(O)OCC(O)COC(=O)CCCCCCCC)C(=O)O. The maximum absolute atomic E-state index is 12.2. The van der Waals surface area contributed by atoms with Crippen LogP contribution in [0.2, 0.25) is 0 Å². The maximum Gasteiger partial charge on any atom is 0.472 e. The van der Waals surface area contributed by atoms with Crippen LogP contribution in [0.3, 0.4) is 0 Å². The molecule has 0 saturated carbocycles. The fourth-order valence-electron chi connectivity index (χ4n) is 5.07. The van der Waals surface area contributed by atoms with Crippen molar-refractivity contribution in [3.63, 3.8) is 0 Å². The normalized spacial score (nSPS) is 14.1. The fraction of sp³-hybridized carbons (Fsp3) is 0.861. The van der Waals surface area contributed by atoms with Crippen molar-refractivity contribution in [3.05, 3.63) is 12.2 Å². The van der Waals surface area contributed by atoms with E-state index < -0.39 is 57.6 Å². The number of unbranched alkanes of at least 4 members (excludes halogenated alkanes) is 19. The predicted octanol–water partition coefficient (Wildman–Crippen LogP) is 8.55. The van der Waals surface area contributed by atoms with E-state index in [1.165, 1.54) is 70.6 Å². The van der Waals surface area contributed by atoms with E-state index in [0.717, 1.165) is 57.8 Å². The van der Waals surface area contributed by atoms with E-state index in [1.54, 1.807) is 0 Å².